The molecule has 136 valence electrons. The largest absolute Gasteiger partial charge is 0.359 e. The van der Waals surface area contributed by atoms with Gasteiger partial charge in [-0.3, -0.25) is 9.89 Å². The van der Waals surface area contributed by atoms with Gasteiger partial charge in [0.25, 0.3) is 0 Å². The van der Waals surface area contributed by atoms with Gasteiger partial charge in [-0.1, -0.05) is 0 Å². The Morgan fingerprint density at radius 2 is 2.19 bits per heavy atom. The zero-order chi connectivity index (χ0) is 17.7. The molecule has 2 saturated heterocycles. The van der Waals surface area contributed by atoms with E-state index in [1.54, 1.807) is 13.2 Å². The van der Waals surface area contributed by atoms with E-state index in [2.05, 4.69) is 41.8 Å². The van der Waals surface area contributed by atoms with Crippen LogP contribution in [0.25, 0.3) is 0 Å². The van der Waals surface area contributed by atoms with Gasteiger partial charge < -0.3 is 15.5 Å². The van der Waals surface area contributed by atoms with E-state index >= 15 is 0 Å². The average molecular weight is 353 g/mol. The highest BCUT2D eigenvalue weighted by molar-refractivity contribution is 5.84. The number of nitrogens with zero attached hydrogens (tertiary/aromatic N) is 4. The Morgan fingerprint density at radius 3 is 2.96 bits per heavy atom. The fourth-order valence-electron chi connectivity index (χ4n) is 4.43. The molecule has 2 aliphatic carbocycles. The SMILES string of the molecule is CNC(=O)C12CC(CN(c3nccc(Nc4cc(C5CC5)[nH]n4)n3)C1)C2. The molecule has 2 aromatic rings. The number of aromatic amines is 1. The molecule has 1 amide bonds. The van der Waals surface area contributed by atoms with Crippen LogP contribution in [0.3, 0.4) is 0 Å². The Kier molecular flexibility index (Phi) is 3.41. The quantitative estimate of drug-likeness (QED) is 0.758. The van der Waals surface area contributed by atoms with E-state index in [-0.39, 0.29) is 11.3 Å². The predicted molar refractivity (Wildman–Crippen MR) is 97.3 cm³/mol. The molecule has 3 N–H and O–H groups in total. The summed E-state index contributed by atoms with van der Waals surface area (Å²) in [5.74, 6) is 3.49. The Bertz CT molecular complexity index is 838. The lowest BCUT2D eigenvalue weighted by Crippen LogP contribution is -2.62. The van der Waals surface area contributed by atoms with Gasteiger partial charge >= 0.3 is 0 Å². The Hall–Kier alpha value is -2.64. The first kappa shape index (κ1) is 15.6. The molecule has 0 atom stereocenters. The van der Waals surface area contributed by atoms with E-state index in [0.29, 0.717) is 24.3 Å². The molecule has 6 rings (SSSR count). The van der Waals surface area contributed by atoms with Gasteiger partial charge in [0.05, 0.1) is 5.41 Å². The molecule has 0 aromatic carbocycles. The van der Waals surface area contributed by atoms with Gasteiger partial charge in [0.1, 0.15) is 5.82 Å². The van der Waals surface area contributed by atoms with E-state index in [1.165, 1.54) is 18.5 Å². The number of rotatable bonds is 5. The standard InChI is InChI=1S/C18H23N7O/c1-19-16(26)18-7-11(8-18)9-25(10-18)17-20-5-4-14(22-17)21-15-6-13(23-24-15)12-2-3-12/h4-6,11-12H,2-3,7-10H2,1H3,(H,19,26)(H2,20,21,22,23,24). The molecule has 2 saturated carbocycles. The van der Waals surface area contributed by atoms with Crippen LogP contribution in [0.2, 0.25) is 0 Å². The predicted octanol–water partition coefficient (Wildman–Crippen LogP) is 1.78. The maximum Gasteiger partial charge on any atom is 0.227 e. The third-order valence-electron chi connectivity index (χ3n) is 5.84. The van der Waals surface area contributed by atoms with Crippen LogP contribution in [-0.2, 0) is 4.79 Å². The van der Waals surface area contributed by atoms with E-state index in [1.807, 2.05) is 6.07 Å². The van der Waals surface area contributed by atoms with Crippen LogP contribution >= 0.6 is 0 Å². The van der Waals surface area contributed by atoms with Crippen molar-refractivity contribution in [1.82, 2.24) is 25.5 Å². The number of nitrogens with one attached hydrogen (secondary N) is 3. The number of piperidine rings is 2. The zero-order valence-corrected chi connectivity index (χ0v) is 14.8. The Labute approximate surface area is 151 Å². The van der Waals surface area contributed by atoms with Crippen molar-refractivity contribution >= 4 is 23.5 Å². The van der Waals surface area contributed by atoms with Crippen molar-refractivity contribution in [2.24, 2.45) is 11.3 Å². The van der Waals surface area contributed by atoms with E-state index in [0.717, 1.165) is 31.0 Å². The van der Waals surface area contributed by atoms with Crippen molar-refractivity contribution in [3.05, 3.63) is 24.0 Å². The van der Waals surface area contributed by atoms with Crippen molar-refractivity contribution in [3.8, 4) is 0 Å². The third-order valence-corrected chi connectivity index (χ3v) is 5.84. The minimum Gasteiger partial charge on any atom is -0.359 e. The monoisotopic (exact) mass is 353 g/mol. The zero-order valence-electron chi connectivity index (χ0n) is 14.8. The molecule has 0 unspecified atom stereocenters. The minimum absolute atomic E-state index is 0.136. The highest BCUT2D eigenvalue weighted by Gasteiger charge is 2.55. The summed E-state index contributed by atoms with van der Waals surface area (Å²) in [5.41, 5.74) is 0.914. The number of aromatic nitrogens is 4. The summed E-state index contributed by atoms with van der Waals surface area (Å²) >= 11 is 0. The Morgan fingerprint density at radius 1 is 1.35 bits per heavy atom. The van der Waals surface area contributed by atoms with Crippen LogP contribution in [0.5, 0.6) is 0 Å². The summed E-state index contributed by atoms with van der Waals surface area (Å²) in [5, 5.41) is 13.5. The molecule has 2 aromatic heterocycles. The van der Waals surface area contributed by atoms with Gasteiger partial charge in [-0.2, -0.15) is 10.1 Å². The maximum atomic E-state index is 12.3. The van der Waals surface area contributed by atoms with Crippen molar-refractivity contribution in [2.45, 2.75) is 31.6 Å². The summed E-state index contributed by atoms with van der Waals surface area (Å²) in [6, 6.07) is 3.89. The number of fused-ring (bicyclic) bond motifs is 2. The second-order valence-corrected chi connectivity index (χ2v) is 7.86. The molecule has 0 spiro atoms. The van der Waals surface area contributed by atoms with Gasteiger partial charge in [0.15, 0.2) is 5.82 Å². The molecular weight excluding hydrogens is 330 g/mol. The number of hydrogen-bond acceptors (Lipinski definition) is 6. The van der Waals surface area contributed by atoms with Gasteiger partial charge in [-0.05, 0) is 37.7 Å². The van der Waals surface area contributed by atoms with Gasteiger partial charge in [-0.15, -0.1) is 0 Å². The first-order chi connectivity index (χ1) is 12.6. The fourth-order valence-corrected chi connectivity index (χ4v) is 4.43. The van der Waals surface area contributed by atoms with Gasteiger partial charge in [0.2, 0.25) is 11.9 Å². The molecule has 2 aliphatic heterocycles. The van der Waals surface area contributed by atoms with Crippen LogP contribution in [0.1, 0.15) is 37.3 Å². The lowest BCUT2D eigenvalue weighted by Gasteiger charge is -2.54. The first-order valence-corrected chi connectivity index (χ1v) is 9.28. The number of amides is 1. The molecule has 4 fully saturated rings. The van der Waals surface area contributed by atoms with E-state index < -0.39 is 0 Å². The topological polar surface area (TPSA) is 98.8 Å². The molecule has 8 nitrogen and oxygen atoms in total. The van der Waals surface area contributed by atoms with E-state index in [4.69, 9.17) is 0 Å². The third kappa shape index (κ3) is 2.60. The normalized spacial score (nSPS) is 27.0. The summed E-state index contributed by atoms with van der Waals surface area (Å²) in [6.07, 6.45) is 6.17. The average Bonchev–Trinajstić information content (AvgIpc) is 3.40. The van der Waals surface area contributed by atoms with Crippen molar-refractivity contribution in [1.29, 1.82) is 0 Å². The summed E-state index contributed by atoms with van der Waals surface area (Å²) < 4.78 is 0. The maximum absolute atomic E-state index is 12.3. The number of carbonyl (C=O) groups excluding carboxylic acids is 1. The number of hydrogen-bond donors (Lipinski definition) is 3. The minimum atomic E-state index is -0.272. The molecule has 4 aliphatic rings. The summed E-state index contributed by atoms with van der Waals surface area (Å²) in [6.45, 7) is 1.59. The molecule has 8 heteroatoms. The highest BCUT2D eigenvalue weighted by atomic mass is 16.2. The van der Waals surface area contributed by atoms with Crippen molar-refractivity contribution in [3.63, 3.8) is 0 Å². The van der Waals surface area contributed by atoms with Crippen LogP contribution in [0.15, 0.2) is 18.3 Å². The van der Waals surface area contributed by atoms with Crippen molar-refractivity contribution in [2.75, 3.05) is 30.4 Å². The molecule has 26 heavy (non-hydrogen) atoms. The van der Waals surface area contributed by atoms with Crippen LogP contribution in [0.4, 0.5) is 17.6 Å². The molecule has 0 radical (unpaired) electrons. The lowest BCUT2D eigenvalue weighted by atomic mass is 9.58. The highest BCUT2D eigenvalue weighted by Crippen LogP contribution is 2.51. The molecular formula is C18H23N7O. The van der Waals surface area contributed by atoms with E-state index in [9.17, 15) is 4.79 Å². The van der Waals surface area contributed by atoms with Crippen molar-refractivity contribution < 1.29 is 4.79 Å². The molecule has 4 heterocycles. The number of carbonyl (C=O) groups is 1. The van der Waals surface area contributed by atoms with Crippen LogP contribution in [0, 0.1) is 11.3 Å². The second kappa shape index (κ2) is 5.69. The summed E-state index contributed by atoms with van der Waals surface area (Å²) in [4.78, 5) is 23.5. The smallest absolute Gasteiger partial charge is 0.227 e. The first-order valence-electron chi connectivity index (χ1n) is 9.28. The number of anilines is 3. The Balaban J connectivity index is 1.32. The fraction of sp³-hybridized carbons (Fsp3) is 0.556. The van der Waals surface area contributed by atoms with Crippen LogP contribution in [-0.4, -0.2) is 46.2 Å². The summed E-state index contributed by atoms with van der Waals surface area (Å²) in [7, 11) is 1.71. The second-order valence-electron chi connectivity index (χ2n) is 7.86. The lowest BCUT2D eigenvalue weighted by molar-refractivity contribution is -0.140. The molecule has 2 bridgehead atoms. The number of H-pyrrole nitrogens is 1. The van der Waals surface area contributed by atoms with Crippen LogP contribution < -0.4 is 15.5 Å². The van der Waals surface area contributed by atoms with Gasteiger partial charge in [0, 0.05) is 44.0 Å². The van der Waals surface area contributed by atoms with Gasteiger partial charge in [-0.25, -0.2) is 4.98 Å².